The number of benzene rings is 1. The summed E-state index contributed by atoms with van der Waals surface area (Å²) in [6.45, 7) is 2.70. The average molecular weight is 233 g/mol. The number of carbonyl (C=O) groups is 1. The highest BCUT2D eigenvalue weighted by atomic mass is 19.1. The van der Waals surface area contributed by atoms with E-state index in [1.807, 2.05) is 6.92 Å². The number of aldehydes is 1. The predicted molar refractivity (Wildman–Crippen MR) is 61.1 cm³/mol. The van der Waals surface area contributed by atoms with E-state index in [4.69, 9.17) is 0 Å². The van der Waals surface area contributed by atoms with Gasteiger partial charge in [0.25, 0.3) is 0 Å². The third-order valence-corrected chi connectivity index (χ3v) is 2.46. The standard InChI is InChI=1S/C12H12FN3O/c1-2-5-16-12(7-14-15-16)10-4-3-9(8-17)6-11(10)13/h3-4,6-8H,2,5H2,1H3. The van der Waals surface area contributed by atoms with Gasteiger partial charge in [-0.25, -0.2) is 9.07 Å². The van der Waals surface area contributed by atoms with E-state index in [9.17, 15) is 9.18 Å². The monoisotopic (exact) mass is 233 g/mol. The van der Waals surface area contributed by atoms with Gasteiger partial charge in [0.05, 0.1) is 11.9 Å². The van der Waals surface area contributed by atoms with Crippen molar-refractivity contribution in [3.05, 3.63) is 35.8 Å². The summed E-state index contributed by atoms with van der Waals surface area (Å²) in [5.74, 6) is -0.436. The zero-order valence-electron chi connectivity index (χ0n) is 9.43. The first-order valence-corrected chi connectivity index (χ1v) is 5.40. The highest BCUT2D eigenvalue weighted by Crippen LogP contribution is 2.22. The van der Waals surface area contributed by atoms with Crippen LogP contribution in [-0.4, -0.2) is 21.3 Å². The second-order valence-corrected chi connectivity index (χ2v) is 3.70. The molecule has 2 rings (SSSR count). The fourth-order valence-corrected chi connectivity index (χ4v) is 1.66. The van der Waals surface area contributed by atoms with Gasteiger partial charge in [0.1, 0.15) is 12.1 Å². The van der Waals surface area contributed by atoms with Gasteiger partial charge < -0.3 is 0 Å². The Morgan fingerprint density at radius 1 is 1.47 bits per heavy atom. The summed E-state index contributed by atoms with van der Waals surface area (Å²) in [4.78, 5) is 10.5. The van der Waals surface area contributed by atoms with Crippen LogP contribution in [0.4, 0.5) is 4.39 Å². The van der Waals surface area contributed by atoms with Gasteiger partial charge in [-0.3, -0.25) is 4.79 Å². The Bertz CT molecular complexity index is 536. The quantitative estimate of drug-likeness (QED) is 0.761. The molecular formula is C12H12FN3O. The van der Waals surface area contributed by atoms with E-state index in [1.54, 1.807) is 16.8 Å². The molecule has 0 aliphatic heterocycles. The zero-order chi connectivity index (χ0) is 12.3. The van der Waals surface area contributed by atoms with Gasteiger partial charge in [0.2, 0.25) is 0 Å². The summed E-state index contributed by atoms with van der Waals surface area (Å²) in [7, 11) is 0. The number of hydrogen-bond acceptors (Lipinski definition) is 3. The predicted octanol–water partition coefficient (Wildman–Crippen LogP) is 2.31. The number of nitrogens with zero attached hydrogens (tertiary/aromatic N) is 3. The first kappa shape index (κ1) is 11.4. The van der Waals surface area contributed by atoms with Gasteiger partial charge in [0.15, 0.2) is 0 Å². The molecule has 17 heavy (non-hydrogen) atoms. The lowest BCUT2D eigenvalue weighted by Gasteiger charge is -2.06. The van der Waals surface area contributed by atoms with E-state index in [0.717, 1.165) is 6.42 Å². The molecule has 1 aromatic heterocycles. The third kappa shape index (κ3) is 2.22. The Balaban J connectivity index is 2.45. The molecule has 0 fully saturated rings. The van der Waals surface area contributed by atoms with Crippen LogP contribution in [0.25, 0.3) is 11.3 Å². The SMILES string of the molecule is CCCn1nncc1-c1ccc(C=O)cc1F. The second kappa shape index (κ2) is 4.86. The fourth-order valence-electron chi connectivity index (χ4n) is 1.66. The normalized spacial score (nSPS) is 10.5. The molecule has 0 atom stereocenters. The van der Waals surface area contributed by atoms with Crippen molar-refractivity contribution in [2.75, 3.05) is 0 Å². The zero-order valence-corrected chi connectivity index (χ0v) is 9.43. The van der Waals surface area contributed by atoms with E-state index < -0.39 is 5.82 Å². The fraction of sp³-hybridized carbons (Fsp3) is 0.250. The first-order valence-electron chi connectivity index (χ1n) is 5.40. The molecular weight excluding hydrogens is 221 g/mol. The largest absolute Gasteiger partial charge is 0.298 e. The molecule has 2 aromatic rings. The summed E-state index contributed by atoms with van der Waals surface area (Å²) >= 11 is 0. The lowest BCUT2D eigenvalue weighted by atomic mass is 10.1. The maximum absolute atomic E-state index is 13.8. The summed E-state index contributed by atoms with van der Waals surface area (Å²) in [5, 5.41) is 7.67. The van der Waals surface area contributed by atoms with Gasteiger partial charge >= 0.3 is 0 Å². The Labute approximate surface area is 98.1 Å². The summed E-state index contributed by atoms with van der Waals surface area (Å²) in [5.41, 5.74) is 1.36. The van der Waals surface area contributed by atoms with Crippen molar-refractivity contribution >= 4 is 6.29 Å². The van der Waals surface area contributed by atoms with Crippen molar-refractivity contribution < 1.29 is 9.18 Å². The van der Waals surface area contributed by atoms with Crippen LogP contribution in [0, 0.1) is 5.82 Å². The Morgan fingerprint density at radius 3 is 2.94 bits per heavy atom. The molecule has 5 heteroatoms. The Kier molecular flexibility index (Phi) is 3.27. The average Bonchev–Trinajstić information content (AvgIpc) is 2.77. The summed E-state index contributed by atoms with van der Waals surface area (Å²) in [6.07, 6.45) is 3.04. The molecule has 0 radical (unpaired) electrons. The Morgan fingerprint density at radius 2 is 2.29 bits per heavy atom. The van der Waals surface area contributed by atoms with E-state index in [0.29, 0.717) is 29.7 Å². The minimum Gasteiger partial charge on any atom is -0.298 e. The van der Waals surface area contributed by atoms with Gasteiger partial charge in [-0.05, 0) is 18.6 Å². The lowest BCUT2D eigenvalue weighted by molar-refractivity contribution is 0.112. The number of halogens is 1. The molecule has 4 nitrogen and oxygen atoms in total. The van der Waals surface area contributed by atoms with Crippen molar-refractivity contribution in [3.8, 4) is 11.3 Å². The smallest absolute Gasteiger partial charge is 0.150 e. The lowest BCUT2D eigenvalue weighted by Crippen LogP contribution is -2.02. The second-order valence-electron chi connectivity index (χ2n) is 3.70. The van der Waals surface area contributed by atoms with Crippen molar-refractivity contribution in [1.82, 2.24) is 15.0 Å². The van der Waals surface area contributed by atoms with Gasteiger partial charge in [-0.2, -0.15) is 0 Å². The third-order valence-electron chi connectivity index (χ3n) is 2.46. The molecule has 1 heterocycles. The van der Waals surface area contributed by atoms with Crippen molar-refractivity contribution in [2.24, 2.45) is 0 Å². The minimum atomic E-state index is -0.436. The van der Waals surface area contributed by atoms with E-state index in [-0.39, 0.29) is 0 Å². The van der Waals surface area contributed by atoms with Crippen LogP contribution in [-0.2, 0) is 6.54 Å². The van der Waals surface area contributed by atoms with Gasteiger partial charge in [-0.1, -0.05) is 18.2 Å². The van der Waals surface area contributed by atoms with Crippen LogP contribution in [0.2, 0.25) is 0 Å². The summed E-state index contributed by atoms with van der Waals surface area (Å²) < 4.78 is 15.4. The molecule has 0 N–H and O–H groups in total. The molecule has 1 aromatic carbocycles. The maximum atomic E-state index is 13.8. The van der Waals surface area contributed by atoms with Gasteiger partial charge in [-0.15, -0.1) is 5.10 Å². The van der Waals surface area contributed by atoms with Crippen LogP contribution in [0.15, 0.2) is 24.4 Å². The van der Waals surface area contributed by atoms with Crippen LogP contribution < -0.4 is 0 Å². The Hall–Kier alpha value is -2.04. The van der Waals surface area contributed by atoms with E-state index in [1.165, 1.54) is 12.3 Å². The number of rotatable bonds is 4. The molecule has 0 aliphatic rings. The highest BCUT2D eigenvalue weighted by Gasteiger charge is 2.11. The number of hydrogen-bond donors (Lipinski definition) is 0. The maximum Gasteiger partial charge on any atom is 0.150 e. The van der Waals surface area contributed by atoms with Crippen molar-refractivity contribution in [1.29, 1.82) is 0 Å². The van der Waals surface area contributed by atoms with Crippen LogP contribution in [0.3, 0.4) is 0 Å². The molecule has 0 amide bonds. The molecule has 88 valence electrons. The molecule has 0 unspecified atom stereocenters. The van der Waals surface area contributed by atoms with Crippen LogP contribution >= 0.6 is 0 Å². The van der Waals surface area contributed by atoms with Gasteiger partial charge in [0, 0.05) is 17.7 Å². The molecule has 0 saturated carbocycles. The minimum absolute atomic E-state index is 0.320. The van der Waals surface area contributed by atoms with Crippen LogP contribution in [0.5, 0.6) is 0 Å². The van der Waals surface area contributed by atoms with Crippen LogP contribution in [0.1, 0.15) is 23.7 Å². The molecule has 0 aliphatic carbocycles. The number of aryl methyl sites for hydroxylation is 1. The number of aromatic nitrogens is 3. The molecule has 0 spiro atoms. The van der Waals surface area contributed by atoms with Crippen molar-refractivity contribution in [2.45, 2.75) is 19.9 Å². The topological polar surface area (TPSA) is 47.8 Å². The van der Waals surface area contributed by atoms with E-state index >= 15 is 0 Å². The number of carbonyl (C=O) groups excluding carboxylic acids is 1. The highest BCUT2D eigenvalue weighted by molar-refractivity contribution is 5.76. The van der Waals surface area contributed by atoms with Crippen molar-refractivity contribution in [3.63, 3.8) is 0 Å². The summed E-state index contributed by atoms with van der Waals surface area (Å²) in [6, 6.07) is 4.37. The van der Waals surface area contributed by atoms with E-state index in [2.05, 4.69) is 10.3 Å². The molecule has 0 saturated heterocycles. The molecule has 0 bridgehead atoms. The first-order chi connectivity index (χ1) is 8.26.